The average Bonchev–Trinajstić information content (AvgIpc) is 3.24. The summed E-state index contributed by atoms with van der Waals surface area (Å²) in [7, 11) is 0. The molecule has 31 heavy (non-hydrogen) atoms. The zero-order valence-electron chi connectivity index (χ0n) is 17.0. The summed E-state index contributed by atoms with van der Waals surface area (Å²) in [5, 5.41) is 2.53. The summed E-state index contributed by atoms with van der Waals surface area (Å²) in [4.78, 5) is 3.65. The van der Waals surface area contributed by atoms with E-state index >= 15 is 0 Å². The van der Waals surface area contributed by atoms with Gasteiger partial charge in [0, 0.05) is 21.9 Å². The van der Waals surface area contributed by atoms with Gasteiger partial charge in [0.05, 0.1) is 5.52 Å². The Hall–Kier alpha value is -4.10. The second-order valence-corrected chi connectivity index (χ2v) is 7.89. The first kappa shape index (κ1) is 17.7. The highest BCUT2D eigenvalue weighted by Crippen LogP contribution is 2.38. The Kier molecular flexibility index (Phi) is 4.18. The van der Waals surface area contributed by atoms with Crippen LogP contribution in [0.1, 0.15) is 0 Å². The molecule has 0 radical (unpaired) electrons. The molecule has 1 heteroatoms. The molecule has 0 saturated heterocycles. The third kappa shape index (κ3) is 3.03. The second kappa shape index (κ2) is 7.30. The first-order valence-electron chi connectivity index (χ1n) is 10.6. The van der Waals surface area contributed by atoms with Gasteiger partial charge in [0.1, 0.15) is 0 Å². The van der Waals surface area contributed by atoms with Gasteiger partial charge in [-0.05, 0) is 39.9 Å². The van der Waals surface area contributed by atoms with Crippen molar-refractivity contribution in [3.63, 3.8) is 0 Å². The van der Waals surface area contributed by atoms with Gasteiger partial charge >= 0.3 is 0 Å². The smallest absolute Gasteiger partial charge is 0.0544 e. The molecule has 1 heterocycles. The van der Waals surface area contributed by atoms with Crippen LogP contribution in [0.15, 0.2) is 121 Å². The SMILES string of the molecule is c1ccc(-c2ccc(-c3cccc4c3[nH]c3ccccc34)cc2-c2ccccc2)cc1. The van der Waals surface area contributed by atoms with Gasteiger partial charge in [-0.2, -0.15) is 0 Å². The van der Waals surface area contributed by atoms with E-state index in [1.165, 1.54) is 55.2 Å². The predicted octanol–water partition coefficient (Wildman–Crippen LogP) is 8.32. The molecule has 0 spiro atoms. The lowest BCUT2D eigenvalue weighted by atomic mass is 9.90. The lowest BCUT2D eigenvalue weighted by molar-refractivity contribution is 1.53. The van der Waals surface area contributed by atoms with Gasteiger partial charge in [0.2, 0.25) is 0 Å². The second-order valence-electron chi connectivity index (χ2n) is 7.89. The van der Waals surface area contributed by atoms with Gasteiger partial charge < -0.3 is 4.98 Å². The van der Waals surface area contributed by atoms with E-state index in [9.17, 15) is 0 Å². The van der Waals surface area contributed by atoms with Crippen molar-refractivity contribution in [3.05, 3.63) is 121 Å². The quantitative estimate of drug-likeness (QED) is 0.310. The molecular weight excluding hydrogens is 374 g/mol. The normalized spacial score (nSPS) is 11.2. The van der Waals surface area contributed by atoms with Crippen LogP contribution in [0, 0.1) is 0 Å². The summed E-state index contributed by atoms with van der Waals surface area (Å²) >= 11 is 0. The van der Waals surface area contributed by atoms with Crippen LogP contribution in [-0.2, 0) is 0 Å². The molecule has 0 unspecified atom stereocenters. The number of para-hydroxylation sites is 2. The van der Waals surface area contributed by atoms with Crippen LogP contribution < -0.4 is 0 Å². The van der Waals surface area contributed by atoms with E-state index < -0.39 is 0 Å². The summed E-state index contributed by atoms with van der Waals surface area (Å²) in [6, 6.07) is 43.2. The van der Waals surface area contributed by atoms with Gasteiger partial charge in [0.25, 0.3) is 0 Å². The minimum absolute atomic E-state index is 1.18. The summed E-state index contributed by atoms with van der Waals surface area (Å²) in [5.74, 6) is 0. The van der Waals surface area contributed by atoms with Crippen molar-refractivity contribution in [1.82, 2.24) is 4.98 Å². The van der Waals surface area contributed by atoms with Gasteiger partial charge in [-0.3, -0.25) is 0 Å². The molecule has 6 aromatic rings. The van der Waals surface area contributed by atoms with E-state index in [0.717, 1.165) is 0 Å². The molecule has 0 fully saturated rings. The number of nitrogens with one attached hydrogen (secondary N) is 1. The highest BCUT2D eigenvalue weighted by atomic mass is 14.7. The van der Waals surface area contributed by atoms with E-state index in [4.69, 9.17) is 0 Å². The zero-order valence-corrected chi connectivity index (χ0v) is 17.0. The maximum atomic E-state index is 3.65. The van der Waals surface area contributed by atoms with E-state index in [1.807, 2.05) is 0 Å². The fourth-order valence-corrected chi connectivity index (χ4v) is 4.55. The molecule has 1 nitrogen and oxygen atoms in total. The molecule has 0 aliphatic heterocycles. The van der Waals surface area contributed by atoms with Crippen molar-refractivity contribution in [3.8, 4) is 33.4 Å². The first-order chi connectivity index (χ1) is 15.4. The fraction of sp³-hybridized carbons (Fsp3) is 0. The number of rotatable bonds is 3. The lowest BCUT2D eigenvalue weighted by Gasteiger charge is -2.13. The van der Waals surface area contributed by atoms with Gasteiger partial charge in [0.15, 0.2) is 0 Å². The number of aromatic amines is 1. The molecule has 0 amide bonds. The van der Waals surface area contributed by atoms with Crippen LogP contribution in [0.3, 0.4) is 0 Å². The van der Waals surface area contributed by atoms with Crippen LogP contribution in [-0.4, -0.2) is 4.98 Å². The number of H-pyrrole nitrogens is 1. The van der Waals surface area contributed by atoms with Crippen molar-refractivity contribution in [2.75, 3.05) is 0 Å². The van der Waals surface area contributed by atoms with Crippen LogP contribution in [0.2, 0.25) is 0 Å². The topological polar surface area (TPSA) is 15.8 Å². The molecule has 0 bridgehead atoms. The van der Waals surface area contributed by atoms with E-state index in [1.54, 1.807) is 0 Å². The molecule has 0 atom stereocenters. The molecule has 146 valence electrons. The fourth-order valence-electron chi connectivity index (χ4n) is 4.55. The Balaban J connectivity index is 1.61. The molecule has 0 aliphatic carbocycles. The van der Waals surface area contributed by atoms with Crippen molar-refractivity contribution in [1.29, 1.82) is 0 Å². The van der Waals surface area contributed by atoms with Crippen LogP contribution in [0.5, 0.6) is 0 Å². The first-order valence-corrected chi connectivity index (χ1v) is 10.6. The summed E-state index contributed by atoms with van der Waals surface area (Å²) < 4.78 is 0. The van der Waals surface area contributed by atoms with Crippen molar-refractivity contribution < 1.29 is 0 Å². The molecule has 1 N–H and O–H groups in total. The van der Waals surface area contributed by atoms with Gasteiger partial charge in [-0.15, -0.1) is 0 Å². The number of hydrogen-bond donors (Lipinski definition) is 1. The molecule has 0 aliphatic rings. The minimum Gasteiger partial charge on any atom is -0.354 e. The largest absolute Gasteiger partial charge is 0.354 e. The Morgan fingerprint density at radius 2 is 1.03 bits per heavy atom. The number of aromatic nitrogens is 1. The van der Waals surface area contributed by atoms with Crippen LogP contribution in [0.25, 0.3) is 55.2 Å². The number of hydrogen-bond acceptors (Lipinski definition) is 0. The molecule has 0 saturated carbocycles. The van der Waals surface area contributed by atoms with E-state index in [2.05, 4.69) is 126 Å². The summed E-state index contributed by atoms with van der Waals surface area (Å²) in [6.07, 6.45) is 0. The maximum Gasteiger partial charge on any atom is 0.0544 e. The van der Waals surface area contributed by atoms with Crippen LogP contribution in [0.4, 0.5) is 0 Å². The predicted molar refractivity (Wildman–Crippen MR) is 132 cm³/mol. The Labute approximate surface area is 181 Å². The molecule has 1 aromatic heterocycles. The average molecular weight is 396 g/mol. The van der Waals surface area contributed by atoms with Gasteiger partial charge in [-0.25, -0.2) is 0 Å². The van der Waals surface area contributed by atoms with Crippen LogP contribution >= 0.6 is 0 Å². The lowest BCUT2D eigenvalue weighted by Crippen LogP contribution is -1.88. The van der Waals surface area contributed by atoms with E-state index in [0.29, 0.717) is 0 Å². The highest BCUT2D eigenvalue weighted by Gasteiger charge is 2.13. The standard InChI is InChI=1S/C30H21N/c1-3-10-21(11-4-1)24-19-18-23(20-28(24)22-12-5-2-6-13-22)25-15-9-16-27-26-14-7-8-17-29(26)31-30(25)27/h1-20,31H. The van der Waals surface area contributed by atoms with Crippen molar-refractivity contribution >= 4 is 21.8 Å². The Morgan fingerprint density at radius 3 is 1.81 bits per heavy atom. The zero-order chi connectivity index (χ0) is 20.6. The van der Waals surface area contributed by atoms with Gasteiger partial charge in [-0.1, -0.05) is 109 Å². The van der Waals surface area contributed by atoms with Crippen molar-refractivity contribution in [2.45, 2.75) is 0 Å². The third-order valence-electron chi connectivity index (χ3n) is 6.04. The third-order valence-corrected chi connectivity index (χ3v) is 6.04. The Bertz CT molecular complexity index is 1510. The Morgan fingerprint density at radius 1 is 0.387 bits per heavy atom. The summed E-state index contributed by atoms with van der Waals surface area (Å²) in [6.45, 7) is 0. The highest BCUT2D eigenvalue weighted by molar-refractivity contribution is 6.12. The molecule has 5 aromatic carbocycles. The molecule has 6 rings (SSSR count). The number of benzene rings is 5. The number of fused-ring (bicyclic) bond motifs is 3. The minimum atomic E-state index is 1.18. The molecular formula is C30H21N. The van der Waals surface area contributed by atoms with E-state index in [-0.39, 0.29) is 0 Å². The summed E-state index contributed by atoms with van der Waals surface area (Å²) in [5.41, 5.74) is 9.77. The maximum absolute atomic E-state index is 3.65. The monoisotopic (exact) mass is 395 g/mol. The van der Waals surface area contributed by atoms with Crippen molar-refractivity contribution in [2.24, 2.45) is 0 Å².